The van der Waals surface area contributed by atoms with Gasteiger partial charge in [0.15, 0.2) is 0 Å². The largest absolute Gasteiger partial charge is 0.378 e. The van der Waals surface area contributed by atoms with Gasteiger partial charge in [0.1, 0.15) is 16.2 Å². The molecule has 0 spiro atoms. The second-order valence-electron chi connectivity index (χ2n) is 5.47. The van der Waals surface area contributed by atoms with Gasteiger partial charge in [0.25, 0.3) is 11.8 Å². The van der Waals surface area contributed by atoms with Crippen LogP contribution in [0.25, 0.3) is 6.08 Å². The molecule has 0 unspecified atom stereocenters. The van der Waals surface area contributed by atoms with E-state index in [-0.39, 0.29) is 21.2 Å². The van der Waals surface area contributed by atoms with Crippen molar-refractivity contribution in [2.75, 3.05) is 0 Å². The number of barbiturate groups is 1. The van der Waals surface area contributed by atoms with Gasteiger partial charge in [-0.05, 0) is 48.5 Å². The average Bonchev–Trinajstić information content (AvgIpc) is 2.60. The maximum Gasteiger partial charge on any atom is 0.339 e. The fourth-order valence-electron chi connectivity index (χ4n) is 2.24. The zero-order chi connectivity index (χ0) is 20.5. The molecule has 3 rings (SSSR count). The van der Waals surface area contributed by atoms with Crippen LogP contribution >= 0.6 is 23.2 Å². The van der Waals surface area contributed by atoms with E-state index in [2.05, 4.69) is 0 Å². The summed E-state index contributed by atoms with van der Waals surface area (Å²) < 4.78 is 30.1. The molecule has 8 nitrogen and oxygen atoms in total. The van der Waals surface area contributed by atoms with Crippen molar-refractivity contribution in [1.82, 2.24) is 10.6 Å². The molecule has 1 aliphatic rings. The van der Waals surface area contributed by atoms with Crippen LogP contribution in [0.1, 0.15) is 5.56 Å². The number of hydrogen-bond donors (Lipinski definition) is 2. The number of halogens is 2. The molecule has 0 radical (unpaired) electrons. The lowest BCUT2D eigenvalue weighted by Crippen LogP contribution is -2.51. The average molecular weight is 441 g/mol. The first-order valence-electron chi connectivity index (χ1n) is 7.54. The predicted octanol–water partition coefficient (Wildman–Crippen LogP) is 2.51. The molecule has 1 heterocycles. The molecule has 0 aromatic heterocycles. The number of rotatable bonds is 4. The molecule has 2 aromatic carbocycles. The summed E-state index contributed by atoms with van der Waals surface area (Å²) in [6.45, 7) is 0. The zero-order valence-corrected chi connectivity index (χ0v) is 16.1. The van der Waals surface area contributed by atoms with Gasteiger partial charge in [0.05, 0.1) is 0 Å². The third kappa shape index (κ3) is 4.33. The van der Waals surface area contributed by atoms with Crippen LogP contribution in [0.4, 0.5) is 4.79 Å². The quantitative estimate of drug-likeness (QED) is 0.428. The van der Waals surface area contributed by atoms with Crippen LogP contribution in [0.2, 0.25) is 10.0 Å². The standard InChI is InChI=1S/C17H10Cl2N2O6S/c18-10-1-4-12(5-2-10)28(25,26)27-14-6-3-11(19)7-9(14)8-13-15(22)20-17(24)21-16(13)23/h1-8H,(H2,20,21,22,23,24). The summed E-state index contributed by atoms with van der Waals surface area (Å²) in [5.74, 6) is -2.06. The predicted molar refractivity (Wildman–Crippen MR) is 100 cm³/mol. The molecule has 2 aromatic rings. The number of carbonyl (C=O) groups is 3. The zero-order valence-electron chi connectivity index (χ0n) is 13.7. The Morgan fingerprint density at radius 2 is 1.43 bits per heavy atom. The minimum Gasteiger partial charge on any atom is -0.378 e. The smallest absolute Gasteiger partial charge is 0.339 e. The summed E-state index contributed by atoms with van der Waals surface area (Å²) in [4.78, 5) is 34.8. The topological polar surface area (TPSA) is 119 Å². The van der Waals surface area contributed by atoms with Crippen molar-refractivity contribution in [2.45, 2.75) is 4.90 Å². The molecule has 28 heavy (non-hydrogen) atoms. The van der Waals surface area contributed by atoms with Crippen LogP contribution in [0, 0.1) is 0 Å². The van der Waals surface area contributed by atoms with Gasteiger partial charge in [-0.3, -0.25) is 20.2 Å². The number of imide groups is 2. The second kappa shape index (κ2) is 7.63. The van der Waals surface area contributed by atoms with Crippen molar-refractivity contribution < 1.29 is 27.0 Å². The molecule has 1 fully saturated rings. The highest BCUT2D eigenvalue weighted by Gasteiger charge is 2.28. The molecule has 0 atom stereocenters. The Morgan fingerprint density at radius 1 is 0.857 bits per heavy atom. The van der Waals surface area contributed by atoms with Gasteiger partial charge in [-0.2, -0.15) is 8.42 Å². The van der Waals surface area contributed by atoms with Crippen molar-refractivity contribution in [3.8, 4) is 5.75 Å². The summed E-state index contributed by atoms with van der Waals surface area (Å²) in [7, 11) is -4.23. The Labute approximate surface area is 169 Å². The van der Waals surface area contributed by atoms with Gasteiger partial charge in [-0.25, -0.2) is 4.79 Å². The van der Waals surface area contributed by atoms with Crippen molar-refractivity contribution in [2.24, 2.45) is 0 Å². The van der Waals surface area contributed by atoms with Crippen LogP contribution in [-0.2, 0) is 19.7 Å². The van der Waals surface area contributed by atoms with Gasteiger partial charge in [0.2, 0.25) is 0 Å². The highest BCUT2D eigenvalue weighted by molar-refractivity contribution is 7.87. The highest BCUT2D eigenvalue weighted by atomic mass is 35.5. The molecule has 0 bridgehead atoms. The molecule has 144 valence electrons. The van der Waals surface area contributed by atoms with E-state index in [1.165, 1.54) is 42.5 Å². The summed E-state index contributed by atoms with van der Waals surface area (Å²) >= 11 is 11.7. The fraction of sp³-hybridized carbons (Fsp3) is 0. The number of carbonyl (C=O) groups excluding carboxylic acids is 3. The summed E-state index contributed by atoms with van der Waals surface area (Å²) in [5, 5.41) is 4.37. The van der Waals surface area contributed by atoms with Crippen LogP contribution in [-0.4, -0.2) is 26.3 Å². The van der Waals surface area contributed by atoms with Crippen molar-refractivity contribution >= 4 is 57.2 Å². The molecular formula is C17H10Cl2N2O6S. The molecule has 1 saturated heterocycles. The van der Waals surface area contributed by atoms with E-state index in [1.807, 2.05) is 10.6 Å². The Bertz CT molecular complexity index is 1100. The third-order valence-corrected chi connectivity index (χ3v) is 5.25. The van der Waals surface area contributed by atoms with E-state index in [4.69, 9.17) is 27.4 Å². The van der Waals surface area contributed by atoms with Crippen LogP contribution in [0.5, 0.6) is 5.75 Å². The minimum atomic E-state index is -4.23. The Balaban J connectivity index is 2.01. The first-order chi connectivity index (χ1) is 13.2. The van der Waals surface area contributed by atoms with Crippen molar-refractivity contribution in [3.05, 3.63) is 63.6 Å². The molecule has 11 heteroatoms. The number of nitrogens with one attached hydrogen (secondary N) is 2. The Kier molecular flexibility index (Phi) is 5.41. The number of urea groups is 1. The SMILES string of the molecule is O=C1NC(=O)C(=Cc2cc(Cl)ccc2OS(=O)(=O)c2ccc(Cl)cc2)C(=O)N1. The number of amides is 4. The normalized spacial score (nSPS) is 14.4. The maximum atomic E-state index is 12.5. The second-order valence-corrected chi connectivity index (χ2v) is 7.89. The lowest BCUT2D eigenvalue weighted by Gasteiger charge is -2.15. The molecule has 4 amide bonds. The van der Waals surface area contributed by atoms with Gasteiger partial charge in [0, 0.05) is 15.6 Å². The molecule has 0 aliphatic carbocycles. The lowest BCUT2D eigenvalue weighted by atomic mass is 10.1. The van der Waals surface area contributed by atoms with E-state index in [9.17, 15) is 22.8 Å². The van der Waals surface area contributed by atoms with Crippen LogP contribution in [0.3, 0.4) is 0 Å². The minimum absolute atomic E-state index is 0.0414. The summed E-state index contributed by atoms with van der Waals surface area (Å²) in [6, 6.07) is 8.29. The Hall–Kier alpha value is -2.88. The molecule has 1 aliphatic heterocycles. The highest BCUT2D eigenvalue weighted by Crippen LogP contribution is 2.29. The maximum absolute atomic E-state index is 12.5. The first-order valence-corrected chi connectivity index (χ1v) is 9.70. The lowest BCUT2D eigenvalue weighted by molar-refractivity contribution is -0.123. The molecule has 0 saturated carbocycles. The van der Waals surface area contributed by atoms with Gasteiger partial charge in [-0.1, -0.05) is 23.2 Å². The summed E-state index contributed by atoms with van der Waals surface area (Å²) in [5.41, 5.74) is -0.379. The van der Waals surface area contributed by atoms with E-state index in [0.29, 0.717) is 5.02 Å². The Morgan fingerprint density at radius 3 is 2.04 bits per heavy atom. The van der Waals surface area contributed by atoms with Gasteiger partial charge < -0.3 is 4.18 Å². The monoisotopic (exact) mass is 440 g/mol. The van der Waals surface area contributed by atoms with Gasteiger partial charge >= 0.3 is 16.1 Å². The van der Waals surface area contributed by atoms with E-state index < -0.39 is 33.5 Å². The van der Waals surface area contributed by atoms with E-state index in [0.717, 1.165) is 6.08 Å². The van der Waals surface area contributed by atoms with E-state index >= 15 is 0 Å². The van der Waals surface area contributed by atoms with Gasteiger partial charge in [-0.15, -0.1) is 0 Å². The van der Waals surface area contributed by atoms with E-state index in [1.54, 1.807) is 0 Å². The number of benzene rings is 2. The van der Waals surface area contributed by atoms with Crippen LogP contribution < -0.4 is 14.8 Å². The summed E-state index contributed by atoms with van der Waals surface area (Å²) in [6.07, 6.45) is 1.07. The number of hydrogen-bond acceptors (Lipinski definition) is 6. The molecular weight excluding hydrogens is 431 g/mol. The third-order valence-electron chi connectivity index (χ3n) is 3.52. The fourth-order valence-corrected chi connectivity index (χ4v) is 3.50. The molecule has 2 N–H and O–H groups in total. The van der Waals surface area contributed by atoms with Crippen molar-refractivity contribution in [1.29, 1.82) is 0 Å². The van der Waals surface area contributed by atoms with Crippen LogP contribution in [0.15, 0.2) is 52.9 Å². The van der Waals surface area contributed by atoms with Crippen molar-refractivity contribution in [3.63, 3.8) is 0 Å². The first kappa shape index (κ1) is 19.9.